The minimum atomic E-state index is -0.999. The quantitative estimate of drug-likeness (QED) is 0.440. The predicted molar refractivity (Wildman–Crippen MR) is 131 cm³/mol. The highest BCUT2D eigenvalue weighted by Gasteiger charge is 2.57. The molecular weight excluding hydrogens is 446 g/mol. The van der Waals surface area contributed by atoms with Crippen LogP contribution in [0.5, 0.6) is 0 Å². The lowest BCUT2D eigenvalue weighted by Crippen LogP contribution is -2.49. The molecule has 8 heteroatoms. The molecule has 2 aliphatic carbocycles. The lowest BCUT2D eigenvalue weighted by atomic mass is 9.79. The molecule has 3 heterocycles. The third-order valence-corrected chi connectivity index (χ3v) is 8.35. The number of nitrogens with one attached hydrogen (secondary N) is 2. The van der Waals surface area contributed by atoms with Gasteiger partial charge in [0.25, 0.3) is 0 Å². The van der Waals surface area contributed by atoms with E-state index in [1.54, 1.807) is 0 Å². The third-order valence-electron chi connectivity index (χ3n) is 8.35. The third kappa shape index (κ3) is 5.80. The molecule has 0 bridgehead atoms. The number of hydrogen-bond donors (Lipinski definition) is 3. The number of carboxylic acid groups (broad SMARTS) is 1. The van der Waals surface area contributed by atoms with Gasteiger partial charge in [-0.1, -0.05) is 6.07 Å². The normalized spacial score (nSPS) is 27.6. The van der Waals surface area contributed by atoms with Crippen LogP contribution in [0.3, 0.4) is 0 Å². The number of aliphatic carboxylic acids is 1. The van der Waals surface area contributed by atoms with E-state index < -0.39 is 17.4 Å². The van der Waals surface area contributed by atoms with Gasteiger partial charge in [-0.2, -0.15) is 0 Å². The number of aryl methyl sites for hydroxylation is 2. The van der Waals surface area contributed by atoms with Crippen LogP contribution in [-0.4, -0.2) is 60.0 Å². The number of carbonyl (C=O) groups excluding carboxylic acids is 1. The fourth-order valence-electron chi connectivity index (χ4n) is 5.82. The molecule has 1 aromatic heterocycles. The average molecular weight is 486 g/mol. The summed E-state index contributed by atoms with van der Waals surface area (Å²) in [5.41, 5.74) is 1.95. The Bertz CT molecular complexity index is 906. The van der Waals surface area contributed by atoms with Crippen LogP contribution < -0.4 is 10.6 Å². The van der Waals surface area contributed by atoms with E-state index in [1.165, 1.54) is 12.0 Å². The lowest BCUT2D eigenvalue weighted by Gasteiger charge is -2.35. The Labute approximate surface area is 207 Å². The van der Waals surface area contributed by atoms with Crippen LogP contribution in [0.15, 0.2) is 12.1 Å². The van der Waals surface area contributed by atoms with Crippen LogP contribution in [0.1, 0.15) is 75.5 Å². The molecule has 1 amide bonds. The maximum Gasteiger partial charge on any atom is 0.326 e. The zero-order valence-electron chi connectivity index (χ0n) is 20.6. The monoisotopic (exact) mass is 485 g/mol. The first-order valence-electron chi connectivity index (χ1n) is 13.5. The first-order valence-corrected chi connectivity index (χ1v) is 13.5. The van der Waals surface area contributed by atoms with E-state index in [2.05, 4.69) is 22.8 Å². The number of hydrogen-bond acceptors (Lipinski definition) is 6. The average Bonchev–Trinajstić information content (AvgIpc) is 3.66. The second-order valence-electron chi connectivity index (χ2n) is 10.9. The van der Waals surface area contributed by atoms with Gasteiger partial charge in [-0.15, -0.1) is 0 Å². The fraction of sp³-hybridized carbons (Fsp3) is 0.741. The molecule has 192 valence electrons. The van der Waals surface area contributed by atoms with Crippen LogP contribution in [-0.2, 0) is 31.9 Å². The Morgan fingerprint density at radius 1 is 1.26 bits per heavy atom. The minimum Gasteiger partial charge on any atom is -0.480 e. The van der Waals surface area contributed by atoms with E-state index >= 15 is 0 Å². The lowest BCUT2D eigenvalue weighted by molar-refractivity contribution is -0.146. The van der Waals surface area contributed by atoms with Crippen LogP contribution in [0.4, 0.5) is 5.82 Å². The van der Waals surface area contributed by atoms with Gasteiger partial charge in [0.1, 0.15) is 11.9 Å². The second-order valence-corrected chi connectivity index (χ2v) is 10.9. The number of carboxylic acids is 1. The van der Waals surface area contributed by atoms with Gasteiger partial charge in [-0.3, -0.25) is 4.79 Å². The molecule has 8 nitrogen and oxygen atoms in total. The largest absolute Gasteiger partial charge is 0.480 e. The molecular formula is C27H39N3O5. The molecule has 5 rings (SSSR count). The van der Waals surface area contributed by atoms with Crippen molar-refractivity contribution < 1.29 is 24.2 Å². The molecule has 2 aliphatic heterocycles. The summed E-state index contributed by atoms with van der Waals surface area (Å²) < 4.78 is 11.8. The number of carbonyl (C=O) groups is 2. The van der Waals surface area contributed by atoms with Crippen LogP contribution >= 0.6 is 0 Å². The highest BCUT2D eigenvalue weighted by molar-refractivity contribution is 5.89. The van der Waals surface area contributed by atoms with Gasteiger partial charge in [0, 0.05) is 31.9 Å². The van der Waals surface area contributed by atoms with Crippen molar-refractivity contribution in [2.75, 3.05) is 25.1 Å². The molecule has 4 aliphatic rings. The smallest absolute Gasteiger partial charge is 0.326 e. The van der Waals surface area contributed by atoms with Crippen molar-refractivity contribution in [1.29, 1.82) is 0 Å². The highest BCUT2D eigenvalue weighted by Crippen LogP contribution is 2.52. The number of pyridine rings is 1. The van der Waals surface area contributed by atoms with E-state index in [0.29, 0.717) is 19.1 Å². The summed E-state index contributed by atoms with van der Waals surface area (Å²) in [5, 5.41) is 15.8. The highest BCUT2D eigenvalue weighted by atomic mass is 16.5. The summed E-state index contributed by atoms with van der Waals surface area (Å²) in [5.74, 6) is 0.529. The minimum absolute atomic E-state index is 0.0679. The zero-order valence-corrected chi connectivity index (χ0v) is 20.6. The first-order chi connectivity index (χ1) is 17.0. The molecule has 2 unspecified atom stereocenters. The Morgan fingerprint density at radius 2 is 2.11 bits per heavy atom. The summed E-state index contributed by atoms with van der Waals surface area (Å²) in [7, 11) is 0. The summed E-state index contributed by atoms with van der Waals surface area (Å²) in [6.45, 7) is 2.05. The van der Waals surface area contributed by atoms with E-state index in [-0.39, 0.29) is 24.5 Å². The van der Waals surface area contributed by atoms with Crippen molar-refractivity contribution in [1.82, 2.24) is 10.3 Å². The number of aromatic nitrogens is 1. The number of nitrogens with zero attached hydrogens (tertiary/aromatic N) is 1. The zero-order chi connectivity index (χ0) is 24.3. The molecule has 0 spiro atoms. The van der Waals surface area contributed by atoms with Crippen LogP contribution in [0.25, 0.3) is 0 Å². The summed E-state index contributed by atoms with van der Waals surface area (Å²) >= 11 is 0. The molecule has 1 saturated heterocycles. The fourth-order valence-corrected chi connectivity index (χ4v) is 5.82. The van der Waals surface area contributed by atoms with Gasteiger partial charge in [-0.05, 0) is 88.2 Å². The molecule has 35 heavy (non-hydrogen) atoms. The van der Waals surface area contributed by atoms with Gasteiger partial charge >= 0.3 is 5.97 Å². The predicted octanol–water partition coefficient (Wildman–Crippen LogP) is 3.48. The van der Waals surface area contributed by atoms with Gasteiger partial charge in [0.05, 0.1) is 17.6 Å². The van der Waals surface area contributed by atoms with Gasteiger partial charge in [0.15, 0.2) is 0 Å². The van der Waals surface area contributed by atoms with E-state index in [9.17, 15) is 14.7 Å². The maximum absolute atomic E-state index is 12.9. The van der Waals surface area contributed by atoms with Gasteiger partial charge < -0.3 is 25.2 Å². The first kappa shape index (κ1) is 24.5. The molecule has 3 fully saturated rings. The number of rotatable bonds is 11. The Kier molecular flexibility index (Phi) is 7.58. The number of fused-ring (bicyclic) bond motifs is 1. The standard InChI is InChI=1S/C27H39N3O5/c31-25(32)22(30-26(33)27(11-12-27)23-5-1-2-14-35-23)10-15-34-21-16-18(17-21)6-8-20-9-7-19-4-3-13-28-24(19)29-20/h7,9,18,21-23H,1-6,8,10-17H2,(H,28,29)(H,30,33)(H,31,32)/t18-,21-,22?,23?. The van der Waals surface area contributed by atoms with E-state index in [1.807, 2.05) is 0 Å². The second kappa shape index (κ2) is 10.8. The molecule has 0 radical (unpaired) electrons. The van der Waals surface area contributed by atoms with Crippen molar-refractivity contribution in [3.05, 3.63) is 23.4 Å². The van der Waals surface area contributed by atoms with Gasteiger partial charge in [0.2, 0.25) is 5.91 Å². The van der Waals surface area contributed by atoms with E-state index in [0.717, 1.165) is 82.3 Å². The van der Waals surface area contributed by atoms with Crippen molar-refractivity contribution >= 4 is 17.7 Å². The number of anilines is 1. The molecule has 1 aromatic rings. The van der Waals surface area contributed by atoms with Crippen molar-refractivity contribution in [2.45, 2.75) is 95.3 Å². The molecule has 2 saturated carbocycles. The summed E-state index contributed by atoms with van der Waals surface area (Å²) in [6, 6.07) is 3.45. The van der Waals surface area contributed by atoms with Crippen molar-refractivity contribution in [3.8, 4) is 0 Å². The van der Waals surface area contributed by atoms with Crippen molar-refractivity contribution in [2.24, 2.45) is 11.3 Å². The summed E-state index contributed by atoms with van der Waals surface area (Å²) in [6.07, 6.45) is 11.4. The van der Waals surface area contributed by atoms with Crippen LogP contribution in [0, 0.1) is 11.3 Å². The number of amides is 1. The SMILES string of the molecule is O=C(O)C(CCO[C@H]1C[C@H](CCc2ccc3c(n2)NCCC3)C1)NC(=O)C1(C2CCCCO2)CC1. The topological polar surface area (TPSA) is 110 Å². The molecule has 2 atom stereocenters. The number of ether oxygens (including phenoxy) is 2. The van der Waals surface area contributed by atoms with Crippen LogP contribution in [0.2, 0.25) is 0 Å². The van der Waals surface area contributed by atoms with E-state index in [4.69, 9.17) is 14.5 Å². The van der Waals surface area contributed by atoms with Gasteiger partial charge in [-0.25, -0.2) is 9.78 Å². The van der Waals surface area contributed by atoms with Crippen molar-refractivity contribution in [3.63, 3.8) is 0 Å². The summed E-state index contributed by atoms with van der Waals surface area (Å²) in [4.78, 5) is 29.5. The Morgan fingerprint density at radius 3 is 2.86 bits per heavy atom. The Balaban J connectivity index is 0.999. The molecule has 0 aromatic carbocycles. The Hall–Kier alpha value is -2.19. The maximum atomic E-state index is 12.9. The molecule has 3 N–H and O–H groups in total.